The lowest BCUT2D eigenvalue weighted by Gasteiger charge is -2.38. The van der Waals surface area contributed by atoms with E-state index in [0.717, 1.165) is 43.9 Å². The molecule has 9 heteroatoms. The van der Waals surface area contributed by atoms with Crippen molar-refractivity contribution < 1.29 is 32.3 Å². The molecule has 0 atom stereocenters. The number of likely N-dealkylation sites (N-methyl/N-ethyl adjacent to an activating group) is 1. The summed E-state index contributed by atoms with van der Waals surface area (Å²) in [5.74, 6) is -1.51. The highest BCUT2D eigenvalue weighted by Gasteiger charge is 2.50. The maximum absolute atomic E-state index is 12.9. The van der Waals surface area contributed by atoms with E-state index in [1.165, 1.54) is 5.56 Å². The number of hydrogen-bond acceptors (Lipinski definition) is 4. The molecular formula is C20H21F3N2O4. The minimum atomic E-state index is -5.08. The van der Waals surface area contributed by atoms with Crippen LogP contribution < -0.4 is 4.90 Å². The van der Waals surface area contributed by atoms with Crippen LogP contribution in [0.1, 0.15) is 24.2 Å². The number of piperidine rings is 1. The summed E-state index contributed by atoms with van der Waals surface area (Å²) in [7, 11) is 1.89. The lowest BCUT2D eigenvalue weighted by molar-refractivity contribution is -0.192. The summed E-state index contributed by atoms with van der Waals surface area (Å²) in [6, 6.07) is 12.2. The number of anilines is 1. The topological polar surface area (TPSA) is 74.0 Å². The maximum atomic E-state index is 12.9. The Labute approximate surface area is 165 Å². The second-order valence-corrected chi connectivity index (χ2v) is 7.12. The molecule has 3 heterocycles. The first-order valence-corrected chi connectivity index (χ1v) is 9.08. The number of carboxylic acid groups (broad SMARTS) is 1. The number of benzene rings is 1. The standard InChI is InChI=1S/C18H20N2O2.C2HF3O2/c1-19-16-7-3-2-6-15(16)18(17(19)21)8-10-20(11-9-18)13-14-5-4-12-22-14;3-2(4,5)1(6)7/h2-7,12H,8-11,13H2,1H3;(H,6,7). The number of aliphatic carboxylic acids is 1. The summed E-state index contributed by atoms with van der Waals surface area (Å²) in [6.45, 7) is 2.68. The molecule has 2 aliphatic rings. The summed E-state index contributed by atoms with van der Waals surface area (Å²) in [6.07, 6.45) is -1.60. The number of hydrogen-bond donors (Lipinski definition) is 1. The Hall–Kier alpha value is -2.81. The zero-order valence-electron chi connectivity index (χ0n) is 15.8. The number of alkyl halides is 3. The second-order valence-electron chi connectivity index (χ2n) is 7.12. The molecule has 1 aromatic heterocycles. The van der Waals surface area contributed by atoms with E-state index in [2.05, 4.69) is 17.0 Å². The first kappa shape index (κ1) is 20.9. The molecule has 0 unspecified atom stereocenters. The van der Waals surface area contributed by atoms with E-state index in [1.54, 1.807) is 6.26 Å². The van der Waals surface area contributed by atoms with E-state index < -0.39 is 12.1 Å². The summed E-state index contributed by atoms with van der Waals surface area (Å²) in [5.41, 5.74) is 1.97. The molecule has 2 aromatic rings. The van der Waals surface area contributed by atoms with Gasteiger partial charge in [0.25, 0.3) is 0 Å². The smallest absolute Gasteiger partial charge is 0.475 e. The molecule has 2 aliphatic heterocycles. The molecule has 1 fully saturated rings. The van der Waals surface area contributed by atoms with Crippen LogP contribution in [-0.4, -0.2) is 48.2 Å². The van der Waals surface area contributed by atoms with Crippen molar-refractivity contribution in [1.29, 1.82) is 0 Å². The highest BCUT2D eigenvalue weighted by Crippen LogP contribution is 2.47. The first-order chi connectivity index (χ1) is 13.6. The number of carboxylic acids is 1. The Morgan fingerprint density at radius 1 is 1.17 bits per heavy atom. The quantitative estimate of drug-likeness (QED) is 0.821. The van der Waals surface area contributed by atoms with Gasteiger partial charge in [-0.1, -0.05) is 18.2 Å². The predicted molar refractivity (Wildman–Crippen MR) is 98.4 cm³/mol. The molecule has 6 nitrogen and oxygen atoms in total. The number of fused-ring (bicyclic) bond motifs is 2. The van der Waals surface area contributed by atoms with Gasteiger partial charge in [0, 0.05) is 12.7 Å². The zero-order valence-corrected chi connectivity index (χ0v) is 15.8. The molecule has 1 N–H and O–H groups in total. The van der Waals surface area contributed by atoms with Crippen LogP contribution in [0.4, 0.5) is 18.9 Å². The van der Waals surface area contributed by atoms with E-state index in [4.69, 9.17) is 14.3 Å². The Kier molecular flexibility index (Phi) is 5.70. The molecule has 1 aromatic carbocycles. The molecular weight excluding hydrogens is 389 g/mol. The fourth-order valence-electron chi connectivity index (χ4n) is 3.92. The van der Waals surface area contributed by atoms with Crippen LogP contribution in [0.5, 0.6) is 0 Å². The Bertz CT molecular complexity index is 872. The van der Waals surface area contributed by atoms with Crippen molar-refractivity contribution >= 4 is 17.6 Å². The number of rotatable bonds is 2. The molecule has 1 spiro atoms. The molecule has 0 bridgehead atoms. The van der Waals surface area contributed by atoms with E-state index >= 15 is 0 Å². The first-order valence-electron chi connectivity index (χ1n) is 9.08. The lowest BCUT2D eigenvalue weighted by Crippen LogP contribution is -2.47. The number of carbonyl (C=O) groups is 2. The fraction of sp³-hybridized carbons (Fsp3) is 0.400. The Balaban J connectivity index is 0.000000298. The zero-order chi connectivity index (χ0) is 21.2. The Morgan fingerprint density at radius 2 is 1.79 bits per heavy atom. The van der Waals surface area contributed by atoms with Gasteiger partial charge in [-0.05, 0) is 49.7 Å². The van der Waals surface area contributed by atoms with Gasteiger partial charge in [0.15, 0.2) is 0 Å². The lowest BCUT2D eigenvalue weighted by atomic mass is 9.73. The summed E-state index contributed by atoms with van der Waals surface area (Å²) in [5, 5.41) is 7.12. The normalized spacial score (nSPS) is 18.3. The van der Waals surface area contributed by atoms with E-state index in [9.17, 15) is 18.0 Å². The largest absolute Gasteiger partial charge is 0.490 e. The van der Waals surface area contributed by atoms with E-state index in [1.807, 2.05) is 36.2 Å². The van der Waals surface area contributed by atoms with Gasteiger partial charge in [-0.25, -0.2) is 4.79 Å². The summed E-state index contributed by atoms with van der Waals surface area (Å²) >= 11 is 0. The average molecular weight is 410 g/mol. The van der Waals surface area contributed by atoms with Crippen molar-refractivity contribution in [2.24, 2.45) is 0 Å². The van der Waals surface area contributed by atoms with E-state index in [0.29, 0.717) is 0 Å². The van der Waals surface area contributed by atoms with Gasteiger partial charge in [0.2, 0.25) is 5.91 Å². The van der Waals surface area contributed by atoms with Gasteiger partial charge in [0.05, 0.1) is 18.2 Å². The monoisotopic (exact) mass is 410 g/mol. The number of carbonyl (C=O) groups excluding carboxylic acids is 1. The highest BCUT2D eigenvalue weighted by atomic mass is 19.4. The van der Waals surface area contributed by atoms with Gasteiger partial charge in [-0.3, -0.25) is 9.69 Å². The SMILES string of the molecule is CN1C(=O)C2(CCN(Cc3ccco3)CC2)c2ccccc21.O=C(O)C(F)(F)F. The minimum Gasteiger partial charge on any atom is -0.475 e. The predicted octanol–water partition coefficient (Wildman–Crippen LogP) is 3.42. The second kappa shape index (κ2) is 7.90. The molecule has 156 valence electrons. The van der Waals surface area contributed by atoms with Crippen molar-refractivity contribution in [1.82, 2.24) is 4.90 Å². The van der Waals surface area contributed by atoms with Crippen molar-refractivity contribution in [2.45, 2.75) is 31.0 Å². The van der Waals surface area contributed by atoms with Crippen LogP contribution >= 0.6 is 0 Å². The third kappa shape index (κ3) is 4.14. The third-order valence-electron chi connectivity index (χ3n) is 5.41. The van der Waals surface area contributed by atoms with Crippen LogP contribution in [0.2, 0.25) is 0 Å². The average Bonchev–Trinajstić information content (AvgIpc) is 3.26. The van der Waals surface area contributed by atoms with Crippen LogP contribution in [0.15, 0.2) is 47.1 Å². The molecule has 0 saturated carbocycles. The maximum Gasteiger partial charge on any atom is 0.490 e. The van der Waals surface area contributed by atoms with Crippen LogP contribution in [0.25, 0.3) is 0 Å². The number of halogens is 3. The van der Waals surface area contributed by atoms with Gasteiger partial charge in [0.1, 0.15) is 5.76 Å². The van der Waals surface area contributed by atoms with Gasteiger partial charge >= 0.3 is 12.1 Å². The fourth-order valence-corrected chi connectivity index (χ4v) is 3.92. The highest BCUT2D eigenvalue weighted by molar-refractivity contribution is 6.07. The van der Waals surface area contributed by atoms with Crippen molar-refractivity contribution in [3.8, 4) is 0 Å². The minimum absolute atomic E-state index is 0.256. The molecule has 0 aliphatic carbocycles. The van der Waals surface area contributed by atoms with Gasteiger partial charge in [-0.15, -0.1) is 0 Å². The van der Waals surface area contributed by atoms with Crippen molar-refractivity contribution in [3.05, 3.63) is 54.0 Å². The Morgan fingerprint density at radius 3 is 2.34 bits per heavy atom. The van der Waals surface area contributed by atoms with Gasteiger partial charge in [-0.2, -0.15) is 13.2 Å². The van der Waals surface area contributed by atoms with Crippen molar-refractivity contribution in [3.63, 3.8) is 0 Å². The molecule has 1 saturated heterocycles. The van der Waals surface area contributed by atoms with Crippen LogP contribution in [0.3, 0.4) is 0 Å². The van der Waals surface area contributed by atoms with Gasteiger partial charge < -0.3 is 14.4 Å². The van der Waals surface area contributed by atoms with E-state index in [-0.39, 0.29) is 11.3 Å². The summed E-state index contributed by atoms with van der Waals surface area (Å²) in [4.78, 5) is 26.0. The third-order valence-corrected chi connectivity index (χ3v) is 5.41. The molecule has 1 amide bonds. The number of nitrogens with zero attached hydrogens (tertiary/aromatic N) is 2. The van der Waals surface area contributed by atoms with Crippen LogP contribution in [0, 0.1) is 0 Å². The molecule has 4 rings (SSSR count). The number of para-hydroxylation sites is 1. The van der Waals surface area contributed by atoms with Crippen molar-refractivity contribution in [2.75, 3.05) is 25.0 Å². The number of likely N-dealkylation sites (tertiary alicyclic amines) is 1. The van der Waals surface area contributed by atoms with Crippen LogP contribution in [-0.2, 0) is 21.5 Å². The molecule has 29 heavy (non-hydrogen) atoms. The molecule has 0 radical (unpaired) electrons. The summed E-state index contributed by atoms with van der Waals surface area (Å²) < 4.78 is 37.2. The number of amides is 1. The number of furan rings is 1.